The number of hydrogen-bond acceptors (Lipinski definition) is 3. The first-order valence-electron chi connectivity index (χ1n) is 9.21. The van der Waals surface area contributed by atoms with Crippen LogP contribution in [0.1, 0.15) is 35.4 Å². The number of alkyl halides is 2. The number of hydrogen-bond donors (Lipinski definition) is 2. The van der Waals surface area contributed by atoms with Crippen molar-refractivity contribution in [3.63, 3.8) is 0 Å². The fourth-order valence-electron chi connectivity index (χ4n) is 3.82. The summed E-state index contributed by atoms with van der Waals surface area (Å²) < 4.78 is 44.0. The molecule has 1 aromatic carbocycles. The highest BCUT2D eigenvalue weighted by atomic mass is 19.3. The van der Waals surface area contributed by atoms with E-state index in [2.05, 4.69) is 10.4 Å². The predicted molar refractivity (Wildman–Crippen MR) is 95.6 cm³/mol. The van der Waals surface area contributed by atoms with Crippen LogP contribution in [0.25, 0.3) is 0 Å². The first-order chi connectivity index (χ1) is 13.2. The Hall–Kier alpha value is -2.55. The number of anilines is 1. The third-order valence-corrected chi connectivity index (χ3v) is 5.32. The number of amides is 2. The van der Waals surface area contributed by atoms with Crippen molar-refractivity contribution in [2.75, 3.05) is 11.9 Å². The number of halogens is 3. The number of aliphatic hydroxyl groups excluding tert-OH is 1. The number of aryl methyl sites for hydroxylation is 1. The summed E-state index contributed by atoms with van der Waals surface area (Å²) in [6.07, 6.45) is -0.959. The van der Waals surface area contributed by atoms with Gasteiger partial charge in [-0.05, 0) is 37.1 Å². The molecule has 2 N–H and O–H groups in total. The molecular weight excluding hydrogens is 373 g/mol. The molecule has 0 saturated heterocycles. The molecule has 2 aliphatic rings. The van der Waals surface area contributed by atoms with Crippen LogP contribution in [-0.2, 0) is 25.4 Å². The van der Waals surface area contributed by atoms with E-state index in [-0.39, 0.29) is 31.0 Å². The lowest BCUT2D eigenvalue weighted by atomic mass is 10.00. The molecule has 0 aliphatic carbocycles. The molecule has 0 saturated carbocycles. The average Bonchev–Trinajstić information content (AvgIpc) is 2.95. The van der Waals surface area contributed by atoms with Crippen molar-refractivity contribution in [3.05, 3.63) is 46.5 Å². The SMILES string of the molecule is Cc1cc(NC(=O)N2CCc3nn4c(c3C2)C(F)(F)CC[C@@H](O)C4)ccc1F. The maximum atomic E-state index is 14.7. The zero-order chi connectivity index (χ0) is 20.1. The first kappa shape index (κ1) is 18.8. The molecule has 28 heavy (non-hydrogen) atoms. The zero-order valence-corrected chi connectivity index (χ0v) is 15.4. The second-order valence-corrected chi connectivity index (χ2v) is 7.42. The lowest BCUT2D eigenvalue weighted by Gasteiger charge is -2.28. The van der Waals surface area contributed by atoms with Gasteiger partial charge in [-0.15, -0.1) is 0 Å². The van der Waals surface area contributed by atoms with Gasteiger partial charge >= 0.3 is 6.03 Å². The first-order valence-corrected chi connectivity index (χ1v) is 9.21. The summed E-state index contributed by atoms with van der Waals surface area (Å²) in [7, 11) is 0. The number of carbonyl (C=O) groups excluding carboxylic acids is 1. The van der Waals surface area contributed by atoms with E-state index in [1.54, 1.807) is 6.92 Å². The third-order valence-electron chi connectivity index (χ3n) is 5.32. The van der Waals surface area contributed by atoms with Gasteiger partial charge in [0.05, 0.1) is 24.9 Å². The maximum Gasteiger partial charge on any atom is 0.322 e. The largest absolute Gasteiger partial charge is 0.391 e. The van der Waals surface area contributed by atoms with Gasteiger partial charge < -0.3 is 15.3 Å². The van der Waals surface area contributed by atoms with Crippen LogP contribution in [-0.4, -0.2) is 38.5 Å². The number of aromatic nitrogens is 2. The maximum absolute atomic E-state index is 14.7. The molecule has 2 aromatic rings. The number of nitrogens with one attached hydrogen (secondary N) is 1. The van der Waals surface area contributed by atoms with Crippen LogP contribution in [0.5, 0.6) is 0 Å². The Morgan fingerprint density at radius 2 is 2.18 bits per heavy atom. The summed E-state index contributed by atoms with van der Waals surface area (Å²) in [5.74, 6) is -3.47. The van der Waals surface area contributed by atoms with Gasteiger partial charge in [0, 0.05) is 30.6 Å². The highest BCUT2D eigenvalue weighted by Gasteiger charge is 2.43. The molecule has 6 nitrogen and oxygen atoms in total. The number of nitrogens with zero attached hydrogens (tertiary/aromatic N) is 3. The second-order valence-electron chi connectivity index (χ2n) is 7.42. The minimum Gasteiger partial charge on any atom is -0.391 e. The van der Waals surface area contributed by atoms with Crippen LogP contribution in [0.2, 0.25) is 0 Å². The van der Waals surface area contributed by atoms with Crippen molar-refractivity contribution in [2.24, 2.45) is 0 Å². The zero-order valence-electron chi connectivity index (χ0n) is 15.4. The Bertz CT molecular complexity index is 928. The van der Waals surface area contributed by atoms with Gasteiger partial charge in [0.2, 0.25) is 0 Å². The highest BCUT2D eigenvalue weighted by molar-refractivity contribution is 5.89. The Labute approximate surface area is 159 Å². The van der Waals surface area contributed by atoms with Crippen molar-refractivity contribution < 1.29 is 23.1 Å². The number of carbonyl (C=O) groups is 1. The Kier molecular flexibility index (Phi) is 4.57. The molecule has 1 atom stereocenters. The predicted octanol–water partition coefficient (Wildman–Crippen LogP) is 3.17. The summed E-state index contributed by atoms with van der Waals surface area (Å²) in [6.45, 7) is 1.97. The van der Waals surface area contributed by atoms with Gasteiger partial charge in [-0.25, -0.2) is 9.18 Å². The molecule has 0 spiro atoms. The van der Waals surface area contributed by atoms with Gasteiger partial charge in [0.15, 0.2) is 0 Å². The van der Waals surface area contributed by atoms with Gasteiger partial charge in [0.1, 0.15) is 11.5 Å². The molecule has 3 heterocycles. The Morgan fingerprint density at radius 1 is 1.39 bits per heavy atom. The molecule has 0 fully saturated rings. The minimum atomic E-state index is -3.11. The second kappa shape index (κ2) is 6.80. The summed E-state index contributed by atoms with van der Waals surface area (Å²) in [4.78, 5) is 14.1. The summed E-state index contributed by atoms with van der Waals surface area (Å²) in [5, 5.41) is 16.8. The topological polar surface area (TPSA) is 70.4 Å². The normalized spacial score (nSPS) is 20.9. The van der Waals surface area contributed by atoms with Crippen LogP contribution in [0, 0.1) is 12.7 Å². The standard InChI is InChI=1S/C19H21F3N4O2/c1-11-8-12(2-3-15(11)20)23-18(28)25-7-5-16-14(10-25)17-19(21,22)6-4-13(27)9-26(17)24-16/h2-3,8,13,27H,4-7,9-10H2,1H3,(H,23,28)/t13-/m1/s1. The monoisotopic (exact) mass is 394 g/mol. The van der Waals surface area contributed by atoms with E-state index < -0.39 is 24.5 Å². The van der Waals surface area contributed by atoms with E-state index in [1.165, 1.54) is 27.8 Å². The number of urea groups is 1. The minimum absolute atomic E-state index is 0.000742. The lowest BCUT2D eigenvalue weighted by Crippen LogP contribution is -2.39. The smallest absolute Gasteiger partial charge is 0.322 e. The highest BCUT2D eigenvalue weighted by Crippen LogP contribution is 2.40. The van der Waals surface area contributed by atoms with Gasteiger partial charge in [0.25, 0.3) is 5.92 Å². The molecule has 4 rings (SSSR count). The van der Waals surface area contributed by atoms with Crippen LogP contribution < -0.4 is 5.32 Å². The van der Waals surface area contributed by atoms with Crippen LogP contribution in [0.4, 0.5) is 23.7 Å². The van der Waals surface area contributed by atoms with E-state index in [1.807, 2.05) is 0 Å². The average molecular weight is 394 g/mol. The molecule has 9 heteroatoms. The van der Waals surface area contributed by atoms with Crippen LogP contribution >= 0.6 is 0 Å². The molecule has 0 radical (unpaired) electrons. The molecule has 150 valence electrons. The van der Waals surface area contributed by atoms with E-state index in [0.717, 1.165) is 0 Å². The van der Waals surface area contributed by atoms with E-state index >= 15 is 0 Å². The summed E-state index contributed by atoms with van der Waals surface area (Å²) in [5.41, 5.74) is 1.55. The summed E-state index contributed by atoms with van der Waals surface area (Å²) in [6, 6.07) is 3.80. The number of rotatable bonds is 1. The Morgan fingerprint density at radius 3 is 2.93 bits per heavy atom. The van der Waals surface area contributed by atoms with Crippen molar-refractivity contribution in [1.82, 2.24) is 14.7 Å². The van der Waals surface area contributed by atoms with E-state index in [0.29, 0.717) is 35.5 Å². The summed E-state index contributed by atoms with van der Waals surface area (Å²) >= 11 is 0. The molecule has 2 aliphatic heterocycles. The van der Waals surface area contributed by atoms with Gasteiger partial charge in [-0.2, -0.15) is 13.9 Å². The molecule has 0 bridgehead atoms. The van der Waals surface area contributed by atoms with Crippen molar-refractivity contribution >= 4 is 11.7 Å². The molecular formula is C19H21F3N4O2. The van der Waals surface area contributed by atoms with Crippen molar-refractivity contribution in [2.45, 2.75) is 51.3 Å². The molecule has 2 amide bonds. The van der Waals surface area contributed by atoms with Crippen molar-refractivity contribution in [3.8, 4) is 0 Å². The van der Waals surface area contributed by atoms with E-state index in [4.69, 9.17) is 0 Å². The molecule has 0 unspecified atom stereocenters. The van der Waals surface area contributed by atoms with Gasteiger partial charge in [-0.1, -0.05) is 0 Å². The van der Waals surface area contributed by atoms with Crippen LogP contribution in [0.3, 0.4) is 0 Å². The fourth-order valence-corrected chi connectivity index (χ4v) is 3.82. The van der Waals surface area contributed by atoms with Crippen LogP contribution in [0.15, 0.2) is 18.2 Å². The number of benzene rings is 1. The van der Waals surface area contributed by atoms with Gasteiger partial charge in [-0.3, -0.25) is 4.68 Å². The van der Waals surface area contributed by atoms with Crippen molar-refractivity contribution in [1.29, 1.82) is 0 Å². The number of aliphatic hydroxyl groups is 1. The molecule has 1 aromatic heterocycles. The quantitative estimate of drug-likeness (QED) is 0.781. The lowest BCUT2D eigenvalue weighted by molar-refractivity contribution is -0.0248. The van der Waals surface area contributed by atoms with E-state index in [9.17, 15) is 23.1 Å². The number of fused-ring (bicyclic) bond motifs is 3. The fraction of sp³-hybridized carbons (Fsp3) is 0.474. The Balaban J connectivity index is 1.57. The third kappa shape index (κ3) is 3.34.